The lowest BCUT2D eigenvalue weighted by molar-refractivity contribution is 0.102. The van der Waals surface area contributed by atoms with E-state index in [2.05, 4.69) is 15.5 Å². The second-order valence-corrected chi connectivity index (χ2v) is 8.12. The van der Waals surface area contributed by atoms with Gasteiger partial charge in [0.05, 0.1) is 23.6 Å². The number of aromatic nitrogens is 4. The van der Waals surface area contributed by atoms with Gasteiger partial charge in [-0.2, -0.15) is 10.2 Å². The average Bonchev–Trinajstić information content (AvgIpc) is 3.35. The molecule has 1 N–H and O–H groups in total. The van der Waals surface area contributed by atoms with Gasteiger partial charge < -0.3 is 10.1 Å². The molecule has 0 spiro atoms. The number of halogens is 2. The number of nitrogens with one attached hydrogen (secondary N) is 1. The lowest BCUT2D eigenvalue weighted by atomic mass is 10.2. The first-order valence-electron chi connectivity index (χ1n) is 9.90. The Morgan fingerprint density at radius 1 is 0.969 bits per heavy atom. The van der Waals surface area contributed by atoms with Gasteiger partial charge in [0.1, 0.15) is 5.75 Å². The van der Waals surface area contributed by atoms with Crippen molar-refractivity contribution in [1.82, 2.24) is 19.6 Å². The van der Waals surface area contributed by atoms with Gasteiger partial charge in [-0.1, -0.05) is 35.3 Å². The second-order valence-electron chi connectivity index (χ2n) is 7.25. The van der Waals surface area contributed by atoms with E-state index >= 15 is 0 Å². The minimum Gasteiger partial charge on any atom is -0.471 e. The van der Waals surface area contributed by atoms with Crippen LogP contribution in [0.1, 0.15) is 27.4 Å². The third-order valence-electron chi connectivity index (χ3n) is 4.92. The number of anilines is 1. The van der Waals surface area contributed by atoms with Gasteiger partial charge >= 0.3 is 0 Å². The molecule has 4 aromatic rings. The van der Waals surface area contributed by atoms with E-state index in [1.54, 1.807) is 41.2 Å². The summed E-state index contributed by atoms with van der Waals surface area (Å²) in [6, 6.07) is 16.3. The van der Waals surface area contributed by atoms with Crippen molar-refractivity contribution in [3.8, 4) is 5.75 Å². The van der Waals surface area contributed by atoms with Crippen molar-refractivity contribution in [2.75, 3.05) is 5.32 Å². The fraction of sp³-hybridized carbons (Fsp3) is 0.174. The number of hydrogen-bond acceptors (Lipinski definition) is 4. The number of rotatable bonds is 7. The van der Waals surface area contributed by atoms with Crippen molar-refractivity contribution in [1.29, 1.82) is 0 Å². The Labute approximate surface area is 195 Å². The van der Waals surface area contributed by atoms with E-state index in [0.717, 1.165) is 17.0 Å². The molecule has 0 saturated heterocycles. The van der Waals surface area contributed by atoms with E-state index in [1.165, 1.54) is 0 Å². The van der Waals surface area contributed by atoms with Gasteiger partial charge in [-0.3, -0.25) is 9.48 Å². The van der Waals surface area contributed by atoms with Gasteiger partial charge in [0.2, 0.25) is 0 Å². The largest absolute Gasteiger partial charge is 0.471 e. The highest BCUT2D eigenvalue weighted by molar-refractivity contribution is 6.30. The van der Waals surface area contributed by atoms with Crippen LogP contribution in [0.15, 0.2) is 60.8 Å². The normalized spacial score (nSPS) is 10.9. The maximum atomic E-state index is 12.8. The highest BCUT2D eigenvalue weighted by atomic mass is 35.5. The molecule has 0 bridgehead atoms. The Morgan fingerprint density at radius 2 is 1.62 bits per heavy atom. The van der Waals surface area contributed by atoms with E-state index in [1.807, 2.05) is 42.8 Å². The molecule has 7 nitrogen and oxygen atoms in total. The summed E-state index contributed by atoms with van der Waals surface area (Å²) in [5, 5.41) is 13.1. The smallest absolute Gasteiger partial charge is 0.276 e. The summed E-state index contributed by atoms with van der Waals surface area (Å²) in [7, 11) is 0. The maximum Gasteiger partial charge on any atom is 0.276 e. The van der Waals surface area contributed by atoms with Crippen molar-refractivity contribution in [2.24, 2.45) is 0 Å². The van der Waals surface area contributed by atoms with Crippen molar-refractivity contribution in [2.45, 2.75) is 27.1 Å². The number of amides is 1. The van der Waals surface area contributed by atoms with E-state index < -0.39 is 0 Å². The third-order valence-corrected chi connectivity index (χ3v) is 5.42. The Bertz CT molecular complexity index is 1230. The highest BCUT2D eigenvalue weighted by Crippen LogP contribution is 2.22. The summed E-state index contributed by atoms with van der Waals surface area (Å²) in [4.78, 5) is 12.8. The van der Waals surface area contributed by atoms with Gasteiger partial charge in [0, 0.05) is 16.2 Å². The monoisotopic (exact) mass is 469 g/mol. The molecule has 1 amide bonds. The molecule has 2 heterocycles. The maximum absolute atomic E-state index is 12.8. The fourth-order valence-electron chi connectivity index (χ4n) is 3.20. The average molecular weight is 470 g/mol. The lowest BCUT2D eigenvalue weighted by Crippen LogP contribution is -2.15. The van der Waals surface area contributed by atoms with Crippen molar-refractivity contribution >= 4 is 34.8 Å². The SMILES string of the molecule is Cc1nn(Cc2ccc(Cl)cc2)c(C)c1NC(=O)c1ccn(COc2ccc(Cl)cc2)n1. The molecule has 0 aliphatic heterocycles. The van der Waals surface area contributed by atoms with Crippen LogP contribution in [0.4, 0.5) is 5.69 Å². The summed E-state index contributed by atoms with van der Waals surface area (Å²) in [6.45, 7) is 4.53. The predicted molar refractivity (Wildman–Crippen MR) is 125 cm³/mol. The zero-order chi connectivity index (χ0) is 22.7. The Morgan fingerprint density at radius 3 is 2.31 bits per heavy atom. The molecule has 32 heavy (non-hydrogen) atoms. The first kappa shape index (κ1) is 21.9. The second kappa shape index (κ2) is 9.46. The first-order valence-corrected chi connectivity index (χ1v) is 10.7. The van der Waals surface area contributed by atoms with Crippen LogP contribution in [0, 0.1) is 13.8 Å². The number of carbonyl (C=O) groups excluding carboxylic acids is 1. The Hall–Kier alpha value is -3.29. The molecule has 2 aromatic carbocycles. The lowest BCUT2D eigenvalue weighted by Gasteiger charge is -2.07. The van der Waals surface area contributed by atoms with E-state index in [9.17, 15) is 4.79 Å². The van der Waals surface area contributed by atoms with Crippen LogP contribution >= 0.6 is 23.2 Å². The van der Waals surface area contributed by atoms with Crippen LogP contribution in [0.3, 0.4) is 0 Å². The number of nitrogens with zero attached hydrogens (tertiary/aromatic N) is 4. The zero-order valence-corrected chi connectivity index (χ0v) is 19.1. The molecule has 0 fully saturated rings. The summed E-state index contributed by atoms with van der Waals surface area (Å²) < 4.78 is 9.06. The predicted octanol–water partition coefficient (Wildman–Crippen LogP) is 5.34. The van der Waals surface area contributed by atoms with Crippen LogP contribution in [0.5, 0.6) is 5.75 Å². The molecule has 9 heteroatoms. The molecular formula is C23H21Cl2N5O2. The van der Waals surface area contributed by atoms with Crippen LogP contribution < -0.4 is 10.1 Å². The number of hydrogen-bond donors (Lipinski definition) is 1. The van der Waals surface area contributed by atoms with Crippen LogP contribution in [-0.2, 0) is 13.3 Å². The molecule has 164 valence electrons. The molecule has 0 aliphatic carbocycles. The highest BCUT2D eigenvalue weighted by Gasteiger charge is 2.17. The van der Waals surface area contributed by atoms with Crippen LogP contribution in [0.25, 0.3) is 0 Å². The summed E-state index contributed by atoms with van der Waals surface area (Å²) >= 11 is 11.8. The van der Waals surface area contributed by atoms with E-state index in [-0.39, 0.29) is 18.3 Å². The zero-order valence-electron chi connectivity index (χ0n) is 17.5. The van der Waals surface area contributed by atoms with Crippen LogP contribution in [-0.4, -0.2) is 25.5 Å². The van der Waals surface area contributed by atoms with Gasteiger partial charge in [0.25, 0.3) is 5.91 Å². The van der Waals surface area contributed by atoms with Gasteiger partial charge in [-0.15, -0.1) is 0 Å². The molecule has 0 radical (unpaired) electrons. The Kier molecular flexibility index (Phi) is 6.48. The molecule has 0 aliphatic rings. The Balaban J connectivity index is 1.41. The molecule has 0 saturated carbocycles. The number of benzene rings is 2. The standard InChI is InChI=1S/C23H21Cl2N5O2/c1-15-22(16(2)30(27-15)13-17-3-5-18(24)6-4-17)26-23(31)21-11-12-29(28-21)14-32-20-9-7-19(25)8-10-20/h3-12H,13-14H2,1-2H3,(H,26,31). The quantitative estimate of drug-likeness (QED) is 0.396. The minimum absolute atomic E-state index is 0.173. The third kappa shape index (κ3) is 5.12. The van der Waals surface area contributed by atoms with Crippen molar-refractivity contribution in [3.05, 3.63) is 93.5 Å². The van der Waals surface area contributed by atoms with Gasteiger partial charge in [-0.05, 0) is 61.9 Å². The number of aryl methyl sites for hydroxylation is 1. The molecule has 0 unspecified atom stereocenters. The van der Waals surface area contributed by atoms with E-state index in [0.29, 0.717) is 28.0 Å². The molecule has 2 aromatic heterocycles. The molecule has 0 atom stereocenters. The number of carbonyl (C=O) groups is 1. The van der Waals surface area contributed by atoms with Gasteiger partial charge in [-0.25, -0.2) is 4.68 Å². The summed E-state index contributed by atoms with van der Waals surface area (Å²) in [5.41, 5.74) is 3.62. The summed E-state index contributed by atoms with van der Waals surface area (Å²) in [5.74, 6) is 0.350. The minimum atomic E-state index is -0.313. The van der Waals surface area contributed by atoms with Crippen molar-refractivity contribution in [3.63, 3.8) is 0 Å². The van der Waals surface area contributed by atoms with E-state index in [4.69, 9.17) is 27.9 Å². The fourth-order valence-corrected chi connectivity index (χ4v) is 3.45. The molecular weight excluding hydrogens is 449 g/mol. The summed E-state index contributed by atoms with van der Waals surface area (Å²) in [6.07, 6.45) is 1.69. The van der Waals surface area contributed by atoms with Crippen molar-refractivity contribution < 1.29 is 9.53 Å². The first-order chi connectivity index (χ1) is 15.4. The number of ether oxygens (including phenoxy) is 1. The topological polar surface area (TPSA) is 74.0 Å². The van der Waals surface area contributed by atoms with Gasteiger partial charge in [0.15, 0.2) is 12.4 Å². The van der Waals surface area contributed by atoms with Crippen LogP contribution in [0.2, 0.25) is 10.0 Å². The molecule has 4 rings (SSSR count).